The highest BCUT2D eigenvalue weighted by atomic mass is 79.9. The van der Waals surface area contributed by atoms with Gasteiger partial charge in [0.05, 0.1) is 11.7 Å². The summed E-state index contributed by atoms with van der Waals surface area (Å²) in [5.74, 6) is -1.67. The lowest BCUT2D eigenvalue weighted by atomic mass is 10.1. The molecule has 1 aliphatic heterocycles. The van der Waals surface area contributed by atoms with Gasteiger partial charge in [-0.3, -0.25) is 0 Å². The van der Waals surface area contributed by atoms with E-state index in [1.807, 2.05) is 13.8 Å². The van der Waals surface area contributed by atoms with Crippen molar-refractivity contribution in [2.45, 2.75) is 43.7 Å². The highest BCUT2D eigenvalue weighted by Crippen LogP contribution is 2.31. The molecule has 106 valence electrons. The van der Waals surface area contributed by atoms with E-state index in [-0.39, 0.29) is 24.1 Å². The molecule has 1 saturated heterocycles. The zero-order valence-electron chi connectivity index (χ0n) is 11.0. The summed E-state index contributed by atoms with van der Waals surface area (Å²) in [5, 5.41) is 0.404. The summed E-state index contributed by atoms with van der Waals surface area (Å²) in [5.41, 5.74) is 0.367. The number of alkyl halides is 1. The fourth-order valence-electron chi connectivity index (χ4n) is 2.20. The van der Waals surface area contributed by atoms with Gasteiger partial charge in [0, 0.05) is 5.33 Å². The topological polar surface area (TPSA) is 18.5 Å². The molecule has 1 aromatic carbocycles. The summed E-state index contributed by atoms with van der Waals surface area (Å²) in [6, 6.07) is 2.54. The molecular weight excluding hydrogens is 318 g/mol. The molecule has 1 aliphatic rings. The highest BCUT2D eigenvalue weighted by molar-refractivity contribution is 9.08. The number of halogens is 3. The molecule has 1 aromatic rings. The van der Waals surface area contributed by atoms with E-state index in [1.165, 1.54) is 12.1 Å². The van der Waals surface area contributed by atoms with E-state index in [0.717, 1.165) is 12.8 Å². The normalized spacial score (nSPS) is 21.6. The largest absolute Gasteiger partial charge is 0.485 e. The Hall–Kier alpha value is -0.680. The van der Waals surface area contributed by atoms with Crippen LogP contribution >= 0.6 is 15.9 Å². The standard InChI is InChI=1S/C14H17BrF2O2/c1-14(2)4-3-10(19-14)8-18-13-11(16)5-9(7-15)6-12(13)17/h5-6,10H,3-4,7-8H2,1-2H3. The van der Waals surface area contributed by atoms with Crippen LogP contribution in [-0.4, -0.2) is 18.3 Å². The number of hydrogen-bond acceptors (Lipinski definition) is 2. The van der Waals surface area contributed by atoms with Crippen molar-refractivity contribution in [1.29, 1.82) is 0 Å². The lowest BCUT2D eigenvalue weighted by molar-refractivity contribution is -0.0335. The summed E-state index contributed by atoms with van der Waals surface area (Å²) in [7, 11) is 0. The van der Waals surface area contributed by atoms with Gasteiger partial charge in [-0.05, 0) is 44.4 Å². The third-order valence-electron chi connectivity index (χ3n) is 3.18. The first-order chi connectivity index (χ1) is 8.91. The van der Waals surface area contributed by atoms with Crippen molar-refractivity contribution < 1.29 is 18.3 Å². The molecule has 0 aromatic heterocycles. The molecule has 1 atom stereocenters. The van der Waals surface area contributed by atoms with E-state index in [4.69, 9.17) is 9.47 Å². The minimum absolute atomic E-state index is 0.107. The van der Waals surface area contributed by atoms with Gasteiger partial charge in [0.2, 0.25) is 0 Å². The van der Waals surface area contributed by atoms with Crippen molar-refractivity contribution in [3.8, 4) is 5.75 Å². The van der Waals surface area contributed by atoms with E-state index < -0.39 is 11.6 Å². The maximum atomic E-state index is 13.7. The van der Waals surface area contributed by atoms with Gasteiger partial charge in [0.25, 0.3) is 0 Å². The average Bonchev–Trinajstić information content (AvgIpc) is 2.67. The number of ether oxygens (including phenoxy) is 2. The quantitative estimate of drug-likeness (QED) is 0.768. The van der Waals surface area contributed by atoms with E-state index in [1.54, 1.807) is 0 Å². The van der Waals surface area contributed by atoms with Crippen LogP contribution in [0.25, 0.3) is 0 Å². The van der Waals surface area contributed by atoms with Gasteiger partial charge in [-0.15, -0.1) is 0 Å². The Morgan fingerprint density at radius 2 is 2.00 bits per heavy atom. The molecule has 0 bridgehead atoms. The van der Waals surface area contributed by atoms with Crippen LogP contribution in [0.15, 0.2) is 12.1 Å². The van der Waals surface area contributed by atoms with Crippen molar-refractivity contribution in [2.75, 3.05) is 6.61 Å². The zero-order valence-corrected chi connectivity index (χ0v) is 12.6. The van der Waals surface area contributed by atoms with Gasteiger partial charge in [0.1, 0.15) is 6.61 Å². The van der Waals surface area contributed by atoms with E-state index >= 15 is 0 Å². The summed E-state index contributed by atoms with van der Waals surface area (Å²) < 4.78 is 38.4. The van der Waals surface area contributed by atoms with Gasteiger partial charge >= 0.3 is 0 Å². The van der Waals surface area contributed by atoms with Crippen LogP contribution in [0.5, 0.6) is 5.75 Å². The lowest BCUT2D eigenvalue weighted by Crippen LogP contribution is -2.24. The minimum Gasteiger partial charge on any atom is -0.485 e. The molecule has 0 amide bonds. The Kier molecular flexibility index (Phi) is 4.46. The maximum Gasteiger partial charge on any atom is 0.190 e. The van der Waals surface area contributed by atoms with Crippen LogP contribution in [0.4, 0.5) is 8.78 Å². The van der Waals surface area contributed by atoms with Crippen LogP contribution in [-0.2, 0) is 10.1 Å². The van der Waals surface area contributed by atoms with Crippen molar-refractivity contribution in [2.24, 2.45) is 0 Å². The van der Waals surface area contributed by atoms with Crippen molar-refractivity contribution in [1.82, 2.24) is 0 Å². The Morgan fingerprint density at radius 3 is 2.47 bits per heavy atom. The fraction of sp³-hybridized carbons (Fsp3) is 0.571. The zero-order chi connectivity index (χ0) is 14.0. The Bertz CT molecular complexity index is 440. The summed E-state index contributed by atoms with van der Waals surface area (Å²) in [4.78, 5) is 0. The number of hydrogen-bond donors (Lipinski definition) is 0. The molecule has 0 spiro atoms. The molecule has 2 nitrogen and oxygen atoms in total. The second-order valence-corrected chi connectivity index (χ2v) is 5.93. The Balaban J connectivity index is 2.00. The van der Waals surface area contributed by atoms with Gasteiger partial charge in [-0.2, -0.15) is 0 Å². The molecule has 0 aliphatic carbocycles. The maximum absolute atomic E-state index is 13.7. The van der Waals surface area contributed by atoms with Crippen LogP contribution in [0.1, 0.15) is 32.3 Å². The highest BCUT2D eigenvalue weighted by Gasteiger charge is 2.32. The predicted octanol–water partition coefficient (Wildman–Crippen LogP) is 4.20. The summed E-state index contributed by atoms with van der Waals surface area (Å²) >= 11 is 3.16. The lowest BCUT2D eigenvalue weighted by Gasteiger charge is -2.19. The van der Waals surface area contributed by atoms with E-state index in [0.29, 0.717) is 10.9 Å². The first-order valence-electron chi connectivity index (χ1n) is 6.26. The van der Waals surface area contributed by atoms with Crippen LogP contribution < -0.4 is 4.74 Å². The molecule has 0 saturated carbocycles. The Morgan fingerprint density at radius 1 is 1.37 bits per heavy atom. The van der Waals surface area contributed by atoms with Gasteiger partial charge < -0.3 is 9.47 Å². The van der Waals surface area contributed by atoms with E-state index in [2.05, 4.69) is 15.9 Å². The Labute approximate surface area is 120 Å². The van der Waals surface area contributed by atoms with Crippen molar-refractivity contribution in [3.63, 3.8) is 0 Å². The second-order valence-electron chi connectivity index (χ2n) is 5.37. The molecule has 1 heterocycles. The summed E-state index contributed by atoms with van der Waals surface area (Å²) in [6.07, 6.45) is 1.66. The molecular formula is C14H17BrF2O2. The SMILES string of the molecule is CC1(C)CCC(COc2c(F)cc(CBr)cc2F)O1. The average molecular weight is 335 g/mol. The first kappa shape index (κ1) is 14.7. The van der Waals surface area contributed by atoms with Gasteiger partial charge in [0.15, 0.2) is 17.4 Å². The first-order valence-corrected chi connectivity index (χ1v) is 7.38. The van der Waals surface area contributed by atoms with Crippen LogP contribution in [0, 0.1) is 11.6 Å². The molecule has 0 radical (unpaired) electrons. The number of benzene rings is 1. The predicted molar refractivity (Wildman–Crippen MR) is 72.7 cm³/mol. The van der Waals surface area contributed by atoms with Gasteiger partial charge in [-0.25, -0.2) is 8.78 Å². The molecule has 0 N–H and O–H groups in total. The summed E-state index contributed by atoms with van der Waals surface area (Å²) in [6.45, 7) is 4.17. The fourth-order valence-corrected chi connectivity index (χ4v) is 2.52. The monoisotopic (exact) mass is 334 g/mol. The van der Waals surface area contributed by atoms with Gasteiger partial charge in [-0.1, -0.05) is 15.9 Å². The van der Waals surface area contributed by atoms with Crippen molar-refractivity contribution >= 4 is 15.9 Å². The van der Waals surface area contributed by atoms with Crippen LogP contribution in [0.2, 0.25) is 0 Å². The molecule has 5 heteroatoms. The van der Waals surface area contributed by atoms with Crippen molar-refractivity contribution in [3.05, 3.63) is 29.3 Å². The third kappa shape index (κ3) is 3.66. The van der Waals surface area contributed by atoms with E-state index in [9.17, 15) is 8.78 Å². The van der Waals surface area contributed by atoms with Crippen LogP contribution in [0.3, 0.4) is 0 Å². The second kappa shape index (κ2) is 5.75. The molecule has 2 rings (SSSR count). The molecule has 19 heavy (non-hydrogen) atoms. The molecule has 1 unspecified atom stereocenters. The molecule has 1 fully saturated rings. The minimum atomic E-state index is -0.674. The smallest absolute Gasteiger partial charge is 0.190 e. The third-order valence-corrected chi connectivity index (χ3v) is 3.83. The number of rotatable bonds is 4.